The highest BCUT2D eigenvalue weighted by Gasteiger charge is 2.33. The van der Waals surface area contributed by atoms with Gasteiger partial charge in [-0.15, -0.1) is 0 Å². The molecule has 1 atom stereocenters. The average molecular weight is 300 g/mol. The maximum absolute atomic E-state index is 6.15. The van der Waals surface area contributed by atoms with Gasteiger partial charge in [-0.1, -0.05) is 18.5 Å². The minimum absolute atomic E-state index is 0.0241. The summed E-state index contributed by atoms with van der Waals surface area (Å²) in [6, 6.07) is 5.72. The Morgan fingerprint density at radius 1 is 1.30 bits per heavy atom. The number of rotatable bonds is 8. The molecule has 1 N–H and O–H groups in total. The van der Waals surface area contributed by atoms with Crippen LogP contribution >= 0.6 is 11.6 Å². The molecule has 0 spiro atoms. The van der Waals surface area contributed by atoms with E-state index in [1.807, 2.05) is 25.1 Å². The minimum atomic E-state index is -0.345. The van der Waals surface area contributed by atoms with Gasteiger partial charge in [-0.3, -0.25) is 0 Å². The second-order valence-electron chi connectivity index (χ2n) is 5.31. The third-order valence-electron chi connectivity index (χ3n) is 3.31. The van der Waals surface area contributed by atoms with Crippen molar-refractivity contribution in [3.8, 4) is 5.75 Å². The van der Waals surface area contributed by atoms with E-state index in [1.54, 1.807) is 7.11 Å². The Balaban J connectivity index is 3.18. The molecule has 4 heteroatoms. The van der Waals surface area contributed by atoms with Gasteiger partial charge >= 0.3 is 0 Å². The van der Waals surface area contributed by atoms with Crippen LogP contribution in [0, 0.1) is 0 Å². The van der Waals surface area contributed by atoms with Crippen molar-refractivity contribution < 1.29 is 9.47 Å². The van der Waals surface area contributed by atoms with Crippen LogP contribution < -0.4 is 10.1 Å². The van der Waals surface area contributed by atoms with E-state index in [2.05, 4.69) is 26.1 Å². The fourth-order valence-corrected chi connectivity index (χ4v) is 2.59. The topological polar surface area (TPSA) is 30.5 Å². The van der Waals surface area contributed by atoms with Crippen LogP contribution in [0.5, 0.6) is 5.75 Å². The van der Waals surface area contributed by atoms with E-state index < -0.39 is 0 Å². The van der Waals surface area contributed by atoms with Crippen molar-refractivity contribution in [3.63, 3.8) is 0 Å². The Morgan fingerprint density at radius 2 is 2.00 bits per heavy atom. The lowest BCUT2D eigenvalue weighted by Gasteiger charge is -2.36. The average Bonchev–Trinajstić information content (AvgIpc) is 2.39. The molecule has 0 fully saturated rings. The number of hydrogen-bond acceptors (Lipinski definition) is 3. The molecular weight excluding hydrogens is 274 g/mol. The molecule has 3 nitrogen and oxygen atoms in total. The molecule has 1 aromatic carbocycles. The second-order valence-corrected chi connectivity index (χ2v) is 5.75. The van der Waals surface area contributed by atoms with E-state index >= 15 is 0 Å². The summed E-state index contributed by atoms with van der Waals surface area (Å²) < 4.78 is 11.4. The first-order valence-corrected chi connectivity index (χ1v) is 7.54. The third-order valence-corrected chi connectivity index (χ3v) is 3.55. The van der Waals surface area contributed by atoms with Gasteiger partial charge < -0.3 is 14.8 Å². The fraction of sp³-hybridized carbons (Fsp3) is 0.625. The van der Waals surface area contributed by atoms with Gasteiger partial charge in [-0.2, -0.15) is 0 Å². The Labute approximate surface area is 127 Å². The molecule has 0 aliphatic heterocycles. The Morgan fingerprint density at radius 3 is 2.55 bits per heavy atom. The summed E-state index contributed by atoms with van der Waals surface area (Å²) in [7, 11) is 1.68. The van der Waals surface area contributed by atoms with Crippen LogP contribution in [0.25, 0.3) is 0 Å². The molecule has 1 rings (SSSR count). The van der Waals surface area contributed by atoms with Gasteiger partial charge in [0, 0.05) is 17.2 Å². The standard InChI is InChI=1S/C16H26ClNO2/c1-6-10-18-15(16(3,4)20-7-2)13-11-12(17)8-9-14(13)19-5/h8-9,11,15,18H,6-7,10H2,1-5H3. The van der Waals surface area contributed by atoms with E-state index in [1.165, 1.54) is 0 Å². The van der Waals surface area contributed by atoms with Gasteiger partial charge in [0.2, 0.25) is 0 Å². The van der Waals surface area contributed by atoms with Crippen LogP contribution in [-0.2, 0) is 4.74 Å². The minimum Gasteiger partial charge on any atom is -0.496 e. The highest BCUT2D eigenvalue weighted by Crippen LogP contribution is 2.36. The molecule has 0 heterocycles. The Bertz CT molecular complexity index is 421. The summed E-state index contributed by atoms with van der Waals surface area (Å²) >= 11 is 6.15. The lowest BCUT2D eigenvalue weighted by Crippen LogP contribution is -2.42. The van der Waals surface area contributed by atoms with Crippen molar-refractivity contribution in [1.29, 1.82) is 0 Å². The first-order chi connectivity index (χ1) is 9.46. The molecule has 0 aromatic heterocycles. The van der Waals surface area contributed by atoms with Gasteiger partial charge in [0.25, 0.3) is 0 Å². The highest BCUT2D eigenvalue weighted by atomic mass is 35.5. The van der Waals surface area contributed by atoms with Gasteiger partial charge in [0.1, 0.15) is 5.75 Å². The normalized spacial score (nSPS) is 13.3. The quantitative estimate of drug-likeness (QED) is 0.780. The Kier molecular flexibility index (Phi) is 6.80. The summed E-state index contributed by atoms with van der Waals surface area (Å²) in [5.74, 6) is 0.829. The predicted octanol–water partition coefficient (Wildman–Crippen LogP) is 4.20. The lowest BCUT2D eigenvalue weighted by atomic mass is 9.90. The van der Waals surface area contributed by atoms with Crippen LogP contribution in [0.4, 0.5) is 0 Å². The van der Waals surface area contributed by atoms with E-state index in [0.717, 1.165) is 24.3 Å². The van der Waals surface area contributed by atoms with E-state index in [9.17, 15) is 0 Å². The van der Waals surface area contributed by atoms with Gasteiger partial charge in [-0.25, -0.2) is 0 Å². The second kappa shape index (κ2) is 7.87. The number of nitrogens with one attached hydrogen (secondary N) is 1. The summed E-state index contributed by atoms with van der Waals surface area (Å²) in [5, 5.41) is 4.25. The zero-order valence-corrected chi connectivity index (χ0v) is 13.9. The van der Waals surface area contributed by atoms with Gasteiger partial charge in [0.15, 0.2) is 0 Å². The van der Waals surface area contributed by atoms with Crippen molar-refractivity contribution in [2.24, 2.45) is 0 Å². The van der Waals surface area contributed by atoms with E-state index in [0.29, 0.717) is 11.6 Å². The van der Waals surface area contributed by atoms with Crippen LogP contribution in [0.1, 0.15) is 45.7 Å². The number of hydrogen-bond donors (Lipinski definition) is 1. The maximum atomic E-state index is 6.15. The largest absolute Gasteiger partial charge is 0.496 e. The predicted molar refractivity (Wildman–Crippen MR) is 84.7 cm³/mol. The fourth-order valence-electron chi connectivity index (χ4n) is 2.41. The number of halogens is 1. The van der Waals surface area contributed by atoms with Crippen LogP contribution in [0.15, 0.2) is 18.2 Å². The number of methoxy groups -OCH3 is 1. The van der Waals surface area contributed by atoms with Crippen molar-refractivity contribution in [2.75, 3.05) is 20.3 Å². The molecule has 0 radical (unpaired) electrons. The van der Waals surface area contributed by atoms with Crippen molar-refractivity contribution in [1.82, 2.24) is 5.32 Å². The van der Waals surface area contributed by atoms with Crippen molar-refractivity contribution >= 4 is 11.6 Å². The summed E-state index contributed by atoms with van der Waals surface area (Å²) in [5.41, 5.74) is 0.689. The monoisotopic (exact) mass is 299 g/mol. The van der Waals surface area contributed by atoms with E-state index in [-0.39, 0.29) is 11.6 Å². The Hall–Kier alpha value is -0.770. The van der Waals surface area contributed by atoms with E-state index in [4.69, 9.17) is 21.1 Å². The number of benzene rings is 1. The zero-order chi connectivity index (χ0) is 15.2. The maximum Gasteiger partial charge on any atom is 0.123 e. The molecule has 0 saturated carbocycles. The molecule has 0 aliphatic carbocycles. The SMILES string of the molecule is CCCNC(c1cc(Cl)ccc1OC)C(C)(C)OCC. The molecule has 0 amide bonds. The number of ether oxygens (including phenoxy) is 2. The molecule has 114 valence electrons. The smallest absolute Gasteiger partial charge is 0.123 e. The summed E-state index contributed by atoms with van der Waals surface area (Å²) in [6.45, 7) is 9.91. The summed E-state index contributed by atoms with van der Waals surface area (Å²) in [4.78, 5) is 0. The van der Waals surface area contributed by atoms with Crippen LogP contribution in [0.2, 0.25) is 5.02 Å². The van der Waals surface area contributed by atoms with Gasteiger partial charge in [0.05, 0.1) is 18.8 Å². The molecule has 0 aliphatic rings. The first-order valence-electron chi connectivity index (χ1n) is 7.17. The van der Waals surface area contributed by atoms with Crippen LogP contribution in [-0.4, -0.2) is 25.9 Å². The van der Waals surface area contributed by atoms with Crippen LogP contribution in [0.3, 0.4) is 0 Å². The molecule has 0 bridgehead atoms. The highest BCUT2D eigenvalue weighted by molar-refractivity contribution is 6.30. The van der Waals surface area contributed by atoms with Crippen molar-refractivity contribution in [2.45, 2.75) is 45.8 Å². The summed E-state index contributed by atoms with van der Waals surface area (Å²) in [6.07, 6.45) is 1.06. The molecule has 1 aromatic rings. The zero-order valence-electron chi connectivity index (χ0n) is 13.1. The van der Waals surface area contributed by atoms with Gasteiger partial charge in [-0.05, 0) is 51.9 Å². The third kappa shape index (κ3) is 4.37. The molecular formula is C16H26ClNO2. The molecule has 0 saturated heterocycles. The molecule has 20 heavy (non-hydrogen) atoms. The van der Waals surface area contributed by atoms with Crippen molar-refractivity contribution in [3.05, 3.63) is 28.8 Å². The lowest BCUT2D eigenvalue weighted by molar-refractivity contribution is -0.0396. The first kappa shape index (κ1) is 17.3. The molecule has 1 unspecified atom stereocenters.